The third-order valence-electron chi connectivity index (χ3n) is 6.85. The summed E-state index contributed by atoms with van der Waals surface area (Å²) in [4.78, 5) is 25.8. The van der Waals surface area contributed by atoms with Gasteiger partial charge in [0.25, 0.3) is 0 Å². The van der Waals surface area contributed by atoms with E-state index in [1.165, 1.54) is 11.3 Å². The van der Waals surface area contributed by atoms with Crippen molar-refractivity contribution in [1.82, 2.24) is 25.1 Å². The number of ether oxygens (including phenoxy) is 2. The molecule has 0 amide bonds. The van der Waals surface area contributed by atoms with Gasteiger partial charge in [-0.2, -0.15) is 4.99 Å². The molecular weight excluding hydrogens is 575 g/mol. The molecule has 4 heterocycles. The number of anilines is 2. The number of rotatable bonds is 11. The number of fused-ring (bicyclic) bond motifs is 1. The molecule has 3 aromatic heterocycles. The van der Waals surface area contributed by atoms with E-state index >= 15 is 0 Å². The minimum absolute atomic E-state index is 0.260. The number of aromatic nitrogens is 4. The number of hydrogen-bond donors (Lipinski definition) is 1. The van der Waals surface area contributed by atoms with Gasteiger partial charge in [0, 0.05) is 45.6 Å². The standard InChI is InChI=1S/C28H37N7O3S2Si/c1-7-38-26(36)23-24(19-15-29-16-19)40-27(30-23)34(3)22-14-18(2)25(33-32-22)31-28-35(17-37-12-13-41(4,5)6)20-10-8-9-11-21(20)39-28/h8-11,14,19,29H,7,12-13,15-17H2,1-6H3. The Labute approximate surface area is 249 Å². The molecule has 10 nitrogen and oxygen atoms in total. The van der Waals surface area contributed by atoms with Crippen LogP contribution in [0.15, 0.2) is 35.3 Å². The molecule has 0 aliphatic carbocycles. The molecule has 1 aromatic carbocycles. The lowest BCUT2D eigenvalue weighted by Gasteiger charge is -2.26. The maximum Gasteiger partial charge on any atom is 0.358 e. The lowest BCUT2D eigenvalue weighted by molar-refractivity contribution is 0.0518. The van der Waals surface area contributed by atoms with Crippen LogP contribution in [-0.2, 0) is 16.2 Å². The summed E-state index contributed by atoms with van der Waals surface area (Å²) in [5.41, 5.74) is 2.36. The SMILES string of the molecule is CCOC(=O)c1nc(N(C)c2cc(C)c(N=c3sc4ccccc4n3COCC[Si](C)(C)C)nn2)sc1C1CNC1. The number of nitrogens with zero attached hydrogens (tertiary/aromatic N) is 6. The number of carbonyl (C=O) groups excluding carboxylic acids is 1. The fourth-order valence-electron chi connectivity index (χ4n) is 4.25. The molecule has 1 fully saturated rings. The zero-order chi connectivity index (χ0) is 29.1. The Hall–Kier alpha value is -2.97. The molecular formula is C28H37N7O3S2Si. The van der Waals surface area contributed by atoms with E-state index in [1.54, 1.807) is 18.3 Å². The van der Waals surface area contributed by atoms with E-state index in [1.807, 2.05) is 37.1 Å². The maximum absolute atomic E-state index is 12.6. The highest BCUT2D eigenvalue weighted by atomic mass is 32.1. The third-order valence-corrected chi connectivity index (χ3v) is 10.9. The molecule has 0 bridgehead atoms. The number of para-hydroxylation sites is 1. The lowest BCUT2D eigenvalue weighted by atomic mass is 10.0. The van der Waals surface area contributed by atoms with Crippen LogP contribution >= 0.6 is 22.7 Å². The molecule has 1 N–H and O–H groups in total. The van der Waals surface area contributed by atoms with Gasteiger partial charge >= 0.3 is 5.97 Å². The first-order chi connectivity index (χ1) is 19.6. The first kappa shape index (κ1) is 29.5. The quantitative estimate of drug-likeness (QED) is 0.136. The summed E-state index contributed by atoms with van der Waals surface area (Å²) in [5, 5.41) is 12.9. The number of thiazole rings is 2. The molecule has 5 rings (SSSR count). The molecule has 0 unspecified atom stereocenters. The van der Waals surface area contributed by atoms with E-state index in [4.69, 9.17) is 14.5 Å². The molecule has 1 aliphatic heterocycles. The van der Waals surface area contributed by atoms with E-state index in [9.17, 15) is 4.79 Å². The lowest BCUT2D eigenvalue weighted by Crippen LogP contribution is -2.40. The Kier molecular flexibility index (Phi) is 8.99. The first-order valence-corrected chi connectivity index (χ1v) is 19.2. The monoisotopic (exact) mass is 611 g/mol. The van der Waals surface area contributed by atoms with Crippen molar-refractivity contribution in [2.24, 2.45) is 4.99 Å². The Morgan fingerprint density at radius 3 is 2.68 bits per heavy atom. The number of carbonyl (C=O) groups is 1. The number of benzene rings is 1. The molecule has 4 aromatic rings. The second kappa shape index (κ2) is 12.5. The van der Waals surface area contributed by atoms with Crippen molar-refractivity contribution in [3.8, 4) is 0 Å². The van der Waals surface area contributed by atoms with E-state index in [-0.39, 0.29) is 11.9 Å². The van der Waals surface area contributed by atoms with Crippen molar-refractivity contribution in [1.29, 1.82) is 0 Å². The summed E-state index contributed by atoms with van der Waals surface area (Å²) >= 11 is 3.11. The summed E-state index contributed by atoms with van der Waals surface area (Å²) in [5.74, 6) is 1.05. The van der Waals surface area contributed by atoms with Crippen molar-refractivity contribution in [2.45, 2.75) is 52.2 Å². The minimum atomic E-state index is -1.18. The van der Waals surface area contributed by atoms with Gasteiger partial charge < -0.3 is 19.7 Å². The predicted molar refractivity (Wildman–Crippen MR) is 168 cm³/mol. The van der Waals surface area contributed by atoms with Crippen LogP contribution < -0.4 is 15.0 Å². The number of aryl methyl sites for hydroxylation is 1. The van der Waals surface area contributed by atoms with Gasteiger partial charge in [-0.05, 0) is 43.7 Å². The van der Waals surface area contributed by atoms with Crippen LogP contribution in [0.25, 0.3) is 10.2 Å². The van der Waals surface area contributed by atoms with Crippen LogP contribution in [0.3, 0.4) is 0 Å². The van der Waals surface area contributed by atoms with E-state index < -0.39 is 8.07 Å². The molecule has 0 spiro atoms. The Morgan fingerprint density at radius 2 is 2.00 bits per heavy atom. The summed E-state index contributed by atoms with van der Waals surface area (Å²) < 4.78 is 14.6. The largest absolute Gasteiger partial charge is 0.461 e. The second-order valence-corrected chi connectivity index (χ2v) is 18.9. The summed E-state index contributed by atoms with van der Waals surface area (Å²) in [6, 6.07) is 11.3. The molecule has 1 saturated heterocycles. The fourth-order valence-corrected chi connectivity index (χ4v) is 7.15. The van der Waals surface area contributed by atoms with Crippen LogP contribution in [0.5, 0.6) is 0 Å². The predicted octanol–water partition coefficient (Wildman–Crippen LogP) is 5.43. The van der Waals surface area contributed by atoms with Gasteiger partial charge in [0.15, 0.2) is 27.3 Å². The van der Waals surface area contributed by atoms with Gasteiger partial charge in [-0.3, -0.25) is 4.57 Å². The van der Waals surface area contributed by atoms with Crippen molar-refractivity contribution in [3.63, 3.8) is 0 Å². The molecule has 218 valence electrons. The van der Waals surface area contributed by atoms with Gasteiger partial charge in [-0.1, -0.05) is 43.1 Å². The molecule has 0 atom stereocenters. The third kappa shape index (κ3) is 6.75. The van der Waals surface area contributed by atoms with Crippen LogP contribution in [0, 0.1) is 6.92 Å². The van der Waals surface area contributed by atoms with Gasteiger partial charge in [0.2, 0.25) is 0 Å². The zero-order valence-electron chi connectivity index (χ0n) is 24.4. The van der Waals surface area contributed by atoms with Crippen LogP contribution in [0.4, 0.5) is 16.8 Å². The Balaban J connectivity index is 1.42. The second-order valence-electron chi connectivity index (χ2n) is 11.3. The van der Waals surface area contributed by atoms with E-state index in [2.05, 4.69) is 56.8 Å². The van der Waals surface area contributed by atoms with Gasteiger partial charge in [0.1, 0.15) is 6.73 Å². The van der Waals surface area contributed by atoms with E-state index in [0.29, 0.717) is 35.8 Å². The molecule has 41 heavy (non-hydrogen) atoms. The highest BCUT2D eigenvalue weighted by Crippen LogP contribution is 2.36. The molecule has 0 radical (unpaired) electrons. The zero-order valence-corrected chi connectivity index (χ0v) is 27.1. The molecule has 13 heteroatoms. The summed E-state index contributed by atoms with van der Waals surface area (Å²) in [7, 11) is 0.706. The number of nitrogens with one attached hydrogen (secondary N) is 1. The topological polar surface area (TPSA) is 107 Å². The van der Waals surface area contributed by atoms with Crippen molar-refractivity contribution < 1.29 is 14.3 Å². The highest BCUT2D eigenvalue weighted by Gasteiger charge is 2.30. The Bertz CT molecular complexity index is 1600. The maximum atomic E-state index is 12.6. The Morgan fingerprint density at radius 1 is 1.22 bits per heavy atom. The fraction of sp³-hybridized carbons (Fsp3) is 0.464. The molecule has 1 aliphatic rings. The highest BCUT2D eigenvalue weighted by molar-refractivity contribution is 7.16. The molecule has 0 saturated carbocycles. The van der Waals surface area contributed by atoms with Gasteiger partial charge in [-0.15, -0.1) is 21.5 Å². The smallest absolute Gasteiger partial charge is 0.358 e. The van der Waals surface area contributed by atoms with Crippen LogP contribution in [-0.4, -0.2) is 67.1 Å². The minimum Gasteiger partial charge on any atom is -0.461 e. The average molecular weight is 612 g/mol. The van der Waals surface area contributed by atoms with Crippen molar-refractivity contribution in [3.05, 3.63) is 51.3 Å². The average Bonchev–Trinajstić information content (AvgIpc) is 3.48. The number of hydrogen-bond acceptors (Lipinski definition) is 11. The van der Waals surface area contributed by atoms with Gasteiger partial charge in [0.05, 0.1) is 16.8 Å². The normalized spacial score (nSPS) is 14.4. The number of esters is 1. The summed E-state index contributed by atoms with van der Waals surface area (Å²) in [6.07, 6.45) is 0. The van der Waals surface area contributed by atoms with Crippen molar-refractivity contribution in [2.75, 3.05) is 38.3 Å². The summed E-state index contributed by atoms with van der Waals surface area (Å²) in [6.45, 7) is 14.0. The first-order valence-electron chi connectivity index (χ1n) is 13.8. The van der Waals surface area contributed by atoms with Crippen LogP contribution in [0.1, 0.15) is 33.8 Å². The van der Waals surface area contributed by atoms with Crippen LogP contribution in [0.2, 0.25) is 25.7 Å². The van der Waals surface area contributed by atoms with Gasteiger partial charge in [-0.25, -0.2) is 9.78 Å². The van der Waals surface area contributed by atoms with Crippen molar-refractivity contribution >= 4 is 63.7 Å². The van der Waals surface area contributed by atoms with E-state index in [0.717, 1.165) is 51.2 Å².